The Morgan fingerprint density at radius 3 is 2.50 bits per heavy atom. The molecule has 0 aliphatic carbocycles. The van der Waals surface area contributed by atoms with Gasteiger partial charge in [0, 0.05) is 11.1 Å². The van der Waals surface area contributed by atoms with Crippen molar-refractivity contribution >= 4 is 11.3 Å². The molecule has 96 valence electrons. The second kappa shape index (κ2) is 4.70. The summed E-state index contributed by atoms with van der Waals surface area (Å²) in [6, 6.07) is 6.79. The number of rotatable bonds is 2. The summed E-state index contributed by atoms with van der Waals surface area (Å²) in [5, 5.41) is -0.860. The molecule has 0 aliphatic heterocycles. The summed E-state index contributed by atoms with van der Waals surface area (Å²) >= 11 is 0.590. The Kier molecular flexibility index (Phi) is 3.41. The van der Waals surface area contributed by atoms with E-state index in [1.54, 1.807) is 0 Å². The minimum Gasteiger partial charge on any atom is -0.320 e. The molecule has 0 radical (unpaired) electrons. The number of benzene rings is 1. The third-order valence-corrected chi connectivity index (χ3v) is 3.72. The molecule has 1 aromatic carbocycles. The molecule has 1 heterocycles. The molecular formula is C12H11F3N2S. The van der Waals surface area contributed by atoms with Gasteiger partial charge in [0.15, 0.2) is 5.01 Å². The lowest BCUT2D eigenvalue weighted by molar-refractivity contribution is -0.137. The van der Waals surface area contributed by atoms with Gasteiger partial charge in [0.1, 0.15) is 0 Å². The predicted octanol–water partition coefficient (Wildman–Crippen LogP) is 3.52. The van der Waals surface area contributed by atoms with Gasteiger partial charge in [-0.1, -0.05) is 24.3 Å². The second-order valence-electron chi connectivity index (χ2n) is 3.90. The summed E-state index contributed by atoms with van der Waals surface area (Å²) in [6.45, 7) is 1.88. The first-order chi connectivity index (χ1) is 8.39. The third-order valence-electron chi connectivity index (χ3n) is 2.60. The van der Waals surface area contributed by atoms with E-state index in [0.29, 0.717) is 16.2 Å². The van der Waals surface area contributed by atoms with E-state index in [4.69, 9.17) is 5.73 Å². The molecule has 1 aromatic heterocycles. The summed E-state index contributed by atoms with van der Waals surface area (Å²) < 4.78 is 37.4. The fraction of sp³-hybridized carbons (Fsp3) is 0.250. The van der Waals surface area contributed by atoms with Crippen LogP contribution in [0.25, 0.3) is 0 Å². The van der Waals surface area contributed by atoms with Gasteiger partial charge in [0.2, 0.25) is 0 Å². The molecule has 1 atom stereocenters. The standard InChI is InChI=1S/C12H11F3N2S/c1-7-4-2-3-5-8(7)10(16)9-6-17-11(18-9)12(13,14)15/h2-6,10H,16H2,1H3. The number of nitrogens with two attached hydrogens (primary N) is 1. The Balaban J connectivity index is 2.33. The fourth-order valence-corrected chi connectivity index (χ4v) is 2.45. The van der Waals surface area contributed by atoms with Crippen molar-refractivity contribution in [1.82, 2.24) is 4.98 Å². The van der Waals surface area contributed by atoms with Crippen LogP contribution in [0, 0.1) is 6.92 Å². The van der Waals surface area contributed by atoms with Crippen molar-refractivity contribution in [3.05, 3.63) is 51.5 Å². The Morgan fingerprint density at radius 1 is 1.28 bits per heavy atom. The molecule has 0 saturated heterocycles. The van der Waals surface area contributed by atoms with Crippen LogP contribution in [0.5, 0.6) is 0 Å². The first-order valence-corrected chi connectivity index (χ1v) is 6.05. The molecule has 2 N–H and O–H groups in total. The van der Waals surface area contributed by atoms with Gasteiger partial charge >= 0.3 is 6.18 Å². The predicted molar refractivity (Wildman–Crippen MR) is 64.3 cm³/mol. The van der Waals surface area contributed by atoms with Crippen LogP contribution in [-0.2, 0) is 6.18 Å². The molecule has 0 amide bonds. The highest BCUT2D eigenvalue weighted by atomic mass is 32.1. The third kappa shape index (κ3) is 2.54. The average molecular weight is 272 g/mol. The van der Waals surface area contributed by atoms with Crippen molar-refractivity contribution in [3.8, 4) is 0 Å². The SMILES string of the molecule is Cc1ccccc1C(N)c1cnc(C(F)(F)F)s1. The highest BCUT2D eigenvalue weighted by Gasteiger charge is 2.35. The van der Waals surface area contributed by atoms with E-state index >= 15 is 0 Å². The van der Waals surface area contributed by atoms with Gasteiger partial charge in [-0.3, -0.25) is 0 Å². The number of aromatic nitrogens is 1. The summed E-state index contributed by atoms with van der Waals surface area (Å²) in [5.41, 5.74) is 7.74. The maximum absolute atomic E-state index is 12.5. The molecule has 2 rings (SSSR count). The summed E-state index contributed by atoms with van der Waals surface area (Å²) in [4.78, 5) is 3.79. The summed E-state index contributed by atoms with van der Waals surface area (Å²) in [5.74, 6) is 0. The van der Waals surface area contributed by atoms with E-state index in [1.807, 2.05) is 31.2 Å². The zero-order chi connectivity index (χ0) is 13.3. The van der Waals surface area contributed by atoms with Crippen molar-refractivity contribution < 1.29 is 13.2 Å². The molecule has 18 heavy (non-hydrogen) atoms. The maximum atomic E-state index is 12.5. The highest BCUT2D eigenvalue weighted by Crippen LogP contribution is 2.35. The van der Waals surface area contributed by atoms with Crippen molar-refractivity contribution in [2.45, 2.75) is 19.1 Å². The van der Waals surface area contributed by atoms with Crippen molar-refractivity contribution in [1.29, 1.82) is 0 Å². The molecule has 6 heteroatoms. The number of thiazole rings is 1. The zero-order valence-electron chi connectivity index (χ0n) is 9.53. The Bertz CT molecular complexity index is 548. The van der Waals surface area contributed by atoms with Crippen LogP contribution in [0.2, 0.25) is 0 Å². The van der Waals surface area contributed by atoms with Crippen LogP contribution in [0.3, 0.4) is 0 Å². The summed E-state index contributed by atoms with van der Waals surface area (Å²) in [6.07, 6.45) is -3.21. The smallest absolute Gasteiger partial charge is 0.320 e. The van der Waals surface area contributed by atoms with Gasteiger partial charge in [-0.2, -0.15) is 13.2 Å². The minimum atomic E-state index is -4.41. The lowest BCUT2D eigenvalue weighted by Gasteiger charge is -2.12. The van der Waals surface area contributed by atoms with E-state index in [2.05, 4.69) is 4.98 Å². The summed E-state index contributed by atoms with van der Waals surface area (Å²) in [7, 11) is 0. The zero-order valence-corrected chi connectivity index (χ0v) is 10.3. The van der Waals surface area contributed by atoms with Crippen LogP contribution in [0.4, 0.5) is 13.2 Å². The first-order valence-electron chi connectivity index (χ1n) is 5.23. The number of hydrogen-bond acceptors (Lipinski definition) is 3. The molecule has 2 nitrogen and oxygen atoms in total. The first kappa shape index (κ1) is 13.0. The van der Waals surface area contributed by atoms with Gasteiger partial charge in [0.25, 0.3) is 0 Å². The number of alkyl halides is 3. The molecule has 0 fully saturated rings. The van der Waals surface area contributed by atoms with Crippen LogP contribution in [-0.4, -0.2) is 4.98 Å². The minimum absolute atomic E-state index is 0.414. The lowest BCUT2D eigenvalue weighted by Crippen LogP contribution is -2.11. The van der Waals surface area contributed by atoms with Crippen molar-refractivity contribution in [2.75, 3.05) is 0 Å². The van der Waals surface area contributed by atoms with E-state index < -0.39 is 17.2 Å². The number of hydrogen-bond donors (Lipinski definition) is 1. The molecule has 0 aliphatic rings. The molecule has 2 aromatic rings. The quantitative estimate of drug-likeness (QED) is 0.908. The highest BCUT2D eigenvalue weighted by molar-refractivity contribution is 7.11. The van der Waals surface area contributed by atoms with Crippen LogP contribution in [0.1, 0.15) is 27.1 Å². The van der Waals surface area contributed by atoms with Gasteiger partial charge in [-0.15, -0.1) is 11.3 Å². The van der Waals surface area contributed by atoms with Crippen LogP contribution < -0.4 is 5.73 Å². The van der Waals surface area contributed by atoms with E-state index in [9.17, 15) is 13.2 Å². The molecule has 0 spiro atoms. The van der Waals surface area contributed by atoms with Gasteiger partial charge in [-0.25, -0.2) is 4.98 Å². The van der Waals surface area contributed by atoms with E-state index in [-0.39, 0.29) is 0 Å². The van der Waals surface area contributed by atoms with Crippen LogP contribution in [0.15, 0.2) is 30.5 Å². The van der Waals surface area contributed by atoms with Crippen molar-refractivity contribution in [2.24, 2.45) is 5.73 Å². The number of aryl methyl sites for hydroxylation is 1. The largest absolute Gasteiger partial charge is 0.443 e. The van der Waals surface area contributed by atoms with Gasteiger partial charge in [0.05, 0.1) is 6.04 Å². The Hall–Kier alpha value is -1.40. The molecular weight excluding hydrogens is 261 g/mol. The topological polar surface area (TPSA) is 38.9 Å². The Labute approximate surface area is 106 Å². The number of halogens is 3. The fourth-order valence-electron chi connectivity index (χ4n) is 1.65. The van der Waals surface area contributed by atoms with Crippen LogP contribution >= 0.6 is 11.3 Å². The lowest BCUT2D eigenvalue weighted by atomic mass is 10.0. The van der Waals surface area contributed by atoms with Gasteiger partial charge < -0.3 is 5.73 Å². The molecule has 1 unspecified atom stereocenters. The monoisotopic (exact) mass is 272 g/mol. The normalized spacial score (nSPS) is 13.6. The molecule has 0 bridgehead atoms. The van der Waals surface area contributed by atoms with E-state index in [0.717, 1.165) is 11.1 Å². The number of nitrogens with zero attached hydrogens (tertiary/aromatic N) is 1. The Morgan fingerprint density at radius 2 is 1.94 bits per heavy atom. The second-order valence-corrected chi connectivity index (χ2v) is 4.96. The van der Waals surface area contributed by atoms with E-state index in [1.165, 1.54) is 6.20 Å². The van der Waals surface area contributed by atoms with Gasteiger partial charge in [-0.05, 0) is 18.1 Å². The van der Waals surface area contributed by atoms with Crippen molar-refractivity contribution in [3.63, 3.8) is 0 Å². The molecule has 0 saturated carbocycles. The average Bonchev–Trinajstić information content (AvgIpc) is 2.77. The maximum Gasteiger partial charge on any atom is 0.443 e.